The molecule has 25 heavy (non-hydrogen) atoms. The molecule has 3 fully saturated rings. The largest absolute Gasteiger partial charge is 0.377 e. The first-order valence-electron chi connectivity index (χ1n) is 9.68. The Kier molecular flexibility index (Phi) is 5.04. The van der Waals surface area contributed by atoms with E-state index in [2.05, 4.69) is 9.88 Å². The number of pyridine rings is 1. The van der Waals surface area contributed by atoms with Crippen molar-refractivity contribution in [2.24, 2.45) is 17.8 Å². The van der Waals surface area contributed by atoms with Crippen molar-refractivity contribution in [1.82, 2.24) is 14.8 Å². The second-order valence-electron chi connectivity index (χ2n) is 8.07. The van der Waals surface area contributed by atoms with Gasteiger partial charge in [0.05, 0.1) is 30.9 Å². The van der Waals surface area contributed by atoms with E-state index in [-0.39, 0.29) is 11.8 Å². The Morgan fingerprint density at radius 2 is 2.24 bits per heavy atom. The first kappa shape index (κ1) is 17.0. The lowest BCUT2D eigenvalue weighted by atomic mass is 9.83. The first-order valence-corrected chi connectivity index (χ1v) is 9.68. The van der Waals surface area contributed by atoms with Crippen molar-refractivity contribution < 1.29 is 9.53 Å². The van der Waals surface area contributed by atoms with E-state index in [0.29, 0.717) is 25.2 Å². The number of piperidine rings is 1. The Labute approximate surface area is 150 Å². The molecule has 5 heteroatoms. The number of likely N-dealkylation sites (tertiary alicyclic amines) is 1. The fourth-order valence-corrected chi connectivity index (χ4v) is 4.33. The van der Waals surface area contributed by atoms with Crippen molar-refractivity contribution in [3.05, 3.63) is 30.1 Å². The van der Waals surface area contributed by atoms with Crippen LogP contribution in [-0.2, 0) is 16.1 Å². The van der Waals surface area contributed by atoms with Crippen molar-refractivity contribution in [1.29, 1.82) is 0 Å². The molecule has 0 N–H and O–H groups in total. The predicted octanol–water partition coefficient (Wildman–Crippen LogP) is 2.18. The third kappa shape index (κ3) is 4.21. The molecule has 1 aliphatic carbocycles. The fraction of sp³-hybridized carbons (Fsp3) is 0.700. The summed E-state index contributed by atoms with van der Waals surface area (Å²) in [6.45, 7) is 4.67. The van der Waals surface area contributed by atoms with Crippen LogP contribution in [0.3, 0.4) is 0 Å². The second-order valence-corrected chi connectivity index (χ2v) is 8.07. The summed E-state index contributed by atoms with van der Waals surface area (Å²) in [5.74, 6) is 1.64. The van der Waals surface area contributed by atoms with E-state index in [1.165, 1.54) is 19.4 Å². The number of carbonyl (C=O) groups is 1. The molecule has 3 aliphatic rings. The molecular formula is C20H29N3O2. The van der Waals surface area contributed by atoms with Crippen LogP contribution in [0, 0.1) is 17.8 Å². The van der Waals surface area contributed by atoms with Gasteiger partial charge < -0.3 is 14.5 Å². The van der Waals surface area contributed by atoms with Crippen LogP contribution in [0.15, 0.2) is 24.4 Å². The quantitative estimate of drug-likeness (QED) is 0.822. The van der Waals surface area contributed by atoms with Gasteiger partial charge in [-0.05, 0) is 49.7 Å². The smallest absolute Gasteiger partial charge is 0.228 e. The normalized spacial score (nSPS) is 29.9. The van der Waals surface area contributed by atoms with Crippen LogP contribution in [0.4, 0.5) is 0 Å². The van der Waals surface area contributed by atoms with Gasteiger partial charge in [0.15, 0.2) is 0 Å². The van der Waals surface area contributed by atoms with Crippen LogP contribution in [0.2, 0.25) is 0 Å². The number of carbonyl (C=O) groups excluding carboxylic acids is 1. The highest BCUT2D eigenvalue weighted by atomic mass is 16.5. The maximum atomic E-state index is 12.9. The standard InChI is InChI=1S/C20H29N3O2/c1-22(13-18-4-2-3-8-21-18)20(24)17-10-16-12-23(11-15-5-6-15)9-7-19(16)25-14-17/h2-4,8,15-17,19H,5-7,9-14H2,1H3/t16-,17-,19+/m1/s1. The lowest BCUT2D eigenvalue weighted by Crippen LogP contribution is -2.50. The number of nitrogens with zero attached hydrogens (tertiary/aromatic N) is 3. The minimum Gasteiger partial charge on any atom is -0.377 e. The predicted molar refractivity (Wildman–Crippen MR) is 95.8 cm³/mol. The van der Waals surface area contributed by atoms with Crippen LogP contribution in [-0.4, -0.2) is 60.1 Å². The first-order chi connectivity index (χ1) is 12.2. The molecule has 136 valence electrons. The highest BCUT2D eigenvalue weighted by Gasteiger charge is 2.39. The zero-order valence-corrected chi connectivity index (χ0v) is 15.1. The van der Waals surface area contributed by atoms with Crippen molar-refractivity contribution >= 4 is 5.91 Å². The van der Waals surface area contributed by atoms with E-state index in [9.17, 15) is 4.79 Å². The minimum absolute atomic E-state index is 0.00385. The van der Waals surface area contributed by atoms with Gasteiger partial charge in [0.25, 0.3) is 0 Å². The lowest BCUT2D eigenvalue weighted by Gasteiger charge is -2.43. The molecule has 0 radical (unpaired) electrons. The number of aromatic nitrogens is 1. The zero-order valence-electron chi connectivity index (χ0n) is 15.1. The molecule has 0 bridgehead atoms. The summed E-state index contributed by atoms with van der Waals surface area (Å²) < 4.78 is 6.10. The summed E-state index contributed by atoms with van der Waals surface area (Å²) >= 11 is 0. The number of amides is 1. The maximum absolute atomic E-state index is 12.9. The molecule has 3 atom stereocenters. The highest BCUT2D eigenvalue weighted by Crippen LogP contribution is 2.35. The van der Waals surface area contributed by atoms with Gasteiger partial charge in [-0.15, -0.1) is 0 Å². The summed E-state index contributed by atoms with van der Waals surface area (Å²) in [4.78, 5) is 21.6. The van der Waals surface area contributed by atoms with E-state index in [1.807, 2.05) is 30.1 Å². The van der Waals surface area contributed by atoms with Crippen LogP contribution in [0.25, 0.3) is 0 Å². The maximum Gasteiger partial charge on any atom is 0.228 e. The number of hydrogen-bond acceptors (Lipinski definition) is 4. The summed E-state index contributed by atoms with van der Waals surface area (Å²) in [6, 6.07) is 5.83. The van der Waals surface area contributed by atoms with E-state index in [1.54, 1.807) is 6.20 Å². The Morgan fingerprint density at radius 1 is 1.36 bits per heavy atom. The molecule has 0 spiro atoms. The highest BCUT2D eigenvalue weighted by molar-refractivity contribution is 5.78. The SMILES string of the molecule is CN(Cc1ccccn1)C(=O)[C@H]1CO[C@H]2CCN(CC3CC3)C[C@H]2C1. The van der Waals surface area contributed by atoms with Crippen LogP contribution >= 0.6 is 0 Å². The molecule has 4 rings (SSSR count). The monoisotopic (exact) mass is 343 g/mol. The van der Waals surface area contributed by atoms with Crippen molar-refractivity contribution in [3.63, 3.8) is 0 Å². The molecule has 2 aliphatic heterocycles. The average Bonchev–Trinajstić information content (AvgIpc) is 3.45. The van der Waals surface area contributed by atoms with Crippen LogP contribution in [0.1, 0.15) is 31.4 Å². The van der Waals surface area contributed by atoms with Gasteiger partial charge in [0.1, 0.15) is 0 Å². The molecule has 5 nitrogen and oxygen atoms in total. The summed E-state index contributed by atoms with van der Waals surface area (Å²) in [6.07, 6.45) is 7.04. The summed E-state index contributed by atoms with van der Waals surface area (Å²) in [5, 5.41) is 0. The topological polar surface area (TPSA) is 45.7 Å². The van der Waals surface area contributed by atoms with Gasteiger partial charge >= 0.3 is 0 Å². The van der Waals surface area contributed by atoms with E-state index in [0.717, 1.165) is 37.5 Å². The van der Waals surface area contributed by atoms with Gasteiger partial charge in [0, 0.05) is 32.9 Å². The summed E-state index contributed by atoms with van der Waals surface area (Å²) in [5.41, 5.74) is 0.932. The lowest BCUT2D eigenvalue weighted by molar-refractivity contribution is -0.148. The Morgan fingerprint density at radius 3 is 3.00 bits per heavy atom. The average molecular weight is 343 g/mol. The Bertz CT molecular complexity index is 590. The van der Waals surface area contributed by atoms with Gasteiger partial charge in [-0.25, -0.2) is 0 Å². The van der Waals surface area contributed by atoms with Gasteiger partial charge in [-0.2, -0.15) is 0 Å². The molecule has 1 amide bonds. The number of rotatable bonds is 5. The molecule has 1 aromatic rings. The number of ether oxygens (including phenoxy) is 1. The van der Waals surface area contributed by atoms with Crippen molar-refractivity contribution in [2.45, 2.75) is 38.3 Å². The molecule has 1 saturated carbocycles. The molecular weight excluding hydrogens is 314 g/mol. The van der Waals surface area contributed by atoms with Crippen LogP contribution < -0.4 is 0 Å². The van der Waals surface area contributed by atoms with E-state index < -0.39 is 0 Å². The Hall–Kier alpha value is -1.46. The number of hydrogen-bond donors (Lipinski definition) is 0. The molecule has 0 aromatic carbocycles. The van der Waals surface area contributed by atoms with Crippen molar-refractivity contribution in [2.75, 3.05) is 33.3 Å². The fourth-order valence-electron chi connectivity index (χ4n) is 4.33. The van der Waals surface area contributed by atoms with Crippen LogP contribution in [0.5, 0.6) is 0 Å². The van der Waals surface area contributed by atoms with Gasteiger partial charge in [0.2, 0.25) is 5.91 Å². The number of fused-ring (bicyclic) bond motifs is 1. The Balaban J connectivity index is 1.32. The zero-order chi connectivity index (χ0) is 17.2. The molecule has 2 saturated heterocycles. The second kappa shape index (κ2) is 7.42. The van der Waals surface area contributed by atoms with Crippen molar-refractivity contribution in [3.8, 4) is 0 Å². The van der Waals surface area contributed by atoms with E-state index in [4.69, 9.17) is 4.74 Å². The summed E-state index contributed by atoms with van der Waals surface area (Å²) in [7, 11) is 1.88. The molecule has 3 heterocycles. The van der Waals surface area contributed by atoms with Gasteiger partial charge in [-0.1, -0.05) is 6.07 Å². The third-order valence-electron chi connectivity index (χ3n) is 5.91. The minimum atomic E-state index is -0.00385. The third-order valence-corrected chi connectivity index (χ3v) is 5.91. The van der Waals surface area contributed by atoms with Gasteiger partial charge in [-0.3, -0.25) is 9.78 Å². The van der Waals surface area contributed by atoms with E-state index >= 15 is 0 Å². The molecule has 0 unspecified atom stereocenters. The molecule has 1 aromatic heterocycles.